The zero-order chi connectivity index (χ0) is 32.1. The van der Waals surface area contributed by atoms with E-state index in [1.165, 1.54) is 43.0 Å². The highest BCUT2D eigenvalue weighted by Crippen LogP contribution is 2.38. The number of carbonyl (C=O) groups is 1. The average Bonchev–Trinajstić information content (AvgIpc) is 3.46. The highest BCUT2D eigenvalue weighted by molar-refractivity contribution is 6.32. The monoisotopic (exact) mass is 653 g/mol. The van der Waals surface area contributed by atoms with E-state index in [4.69, 9.17) is 16.3 Å². The van der Waals surface area contributed by atoms with Gasteiger partial charge in [-0.05, 0) is 25.7 Å². The fraction of sp³-hybridized carbons (Fsp3) is 0.385. The van der Waals surface area contributed by atoms with Crippen LogP contribution in [0.4, 0.5) is 38.5 Å². The maximum atomic E-state index is 13.6. The van der Waals surface area contributed by atoms with Gasteiger partial charge in [0.2, 0.25) is 5.95 Å². The molecule has 0 bridgehead atoms. The van der Waals surface area contributed by atoms with Gasteiger partial charge >= 0.3 is 18.2 Å². The predicted octanol–water partition coefficient (Wildman–Crippen LogP) is 5.00. The number of hydrogen-bond acceptors (Lipinski definition) is 10. The van der Waals surface area contributed by atoms with E-state index in [-0.39, 0.29) is 34.5 Å². The fourth-order valence-corrected chi connectivity index (χ4v) is 4.98. The smallest absolute Gasteiger partial charge is 0.420 e. The molecule has 1 aliphatic rings. The standard InChI is InChI=1S/C26H25ClF5N11O2/c1-45-24-36-6-13(7-37-24)18-10-34-20(12-33-18)43(25(44)38-11-19(28)29)15-4-2-14(3-5-15)40-23-35-8-16(26(30,31)32)21(41-23)22-17(27)9-39-42-22/h6-10,12,14-15,19H,2-5,11H2,1H3,(H,38,44)(H,39,42)(H,35,40,41). The van der Waals surface area contributed by atoms with Crippen molar-refractivity contribution in [1.82, 2.24) is 45.4 Å². The second-order valence-corrected chi connectivity index (χ2v) is 10.3. The van der Waals surface area contributed by atoms with Gasteiger partial charge in [-0.2, -0.15) is 18.3 Å². The molecule has 238 valence electrons. The lowest BCUT2D eigenvalue weighted by atomic mass is 9.90. The Labute approximate surface area is 257 Å². The third-order valence-electron chi connectivity index (χ3n) is 6.93. The number of aromatic amines is 1. The van der Waals surface area contributed by atoms with E-state index in [1.807, 2.05) is 0 Å². The summed E-state index contributed by atoms with van der Waals surface area (Å²) >= 11 is 6.01. The lowest BCUT2D eigenvalue weighted by molar-refractivity contribution is -0.137. The van der Waals surface area contributed by atoms with Gasteiger partial charge in [0.05, 0.1) is 36.8 Å². The maximum Gasteiger partial charge on any atom is 0.420 e. The van der Waals surface area contributed by atoms with Crippen LogP contribution < -0.4 is 20.3 Å². The Morgan fingerprint density at radius 1 is 1.04 bits per heavy atom. The Hall–Kier alpha value is -4.74. The summed E-state index contributed by atoms with van der Waals surface area (Å²) in [5, 5.41) is 11.4. The largest absolute Gasteiger partial charge is 0.467 e. The number of anilines is 2. The van der Waals surface area contributed by atoms with Gasteiger partial charge in [-0.25, -0.2) is 38.5 Å². The molecule has 1 saturated carbocycles. The van der Waals surface area contributed by atoms with E-state index in [0.717, 1.165) is 0 Å². The molecule has 0 saturated heterocycles. The topological polar surface area (TPSA) is 160 Å². The molecule has 1 aliphatic carbocycles. The van der Waals surface area contributed by atoms with Crippen LogP contribution >= 0.6 is 11.6 Å². The Bertz CT molecular complexity index is 1600. The summed E-state index contributed by atoms with van der Waals surface area (Å²) in [4.78, 5) is 39.0. The molecule has 1 fully saturated rings. The van der Waals surface area contributed by atoms with Crippen LogP contribution in [0.15, 0.2) is 37.2 Å². The summed E-state index contributed by atoms with van der Waals surface area (Å²) in [6.45, 7) is -0.853. The molecule has 2 amide bonds. The number of nitrogens with one attached hydrogen (secondary N) is 3. The van der Waals surface area contributed by atoms with E-state index in [1.54, 1.807) is 0 Å². The number of carbonyl (C=O) groups excluding carboxylic acids is 1. The molecule has 0 spiro atoms. The van der Waals surface area contributed by atoms with Crippen molar-refractivity contribution in [2.75, 3.05) is 23.9 Å². The Balaban J connectivity index is 1.31. The lowest BCUT2D eigenvalue weighted by Crippen LogP contribution is -2.50. The quantitative estimate of drug-likeness (QED) is 0.210. The Morgan fingerprint density at radius 2 is 1.78 bits per heavy atom. The minimum Gasteiger partial charge on any atom is -0.467 e. The zero-order valence-corrected chi connectivity index (χ0v) is 24.1. The molecule has 0 radical (unpaired) electrons. The first-order chi connectivity index (χ1) is 21.5. The van der Waals surface area contributed by atoms with Crippen LogP contribution in [-0.2, 0) is 6.18 Å². The molecular formula is C26H25ClF5N11O2. The maximum absolute atomic E-state index is 13.6. The van der Waals surface area contributed by atoms with Crippen LogP contribution in [0.1, 0.15) is 31.2 Å². The zero-order valence-electron chi connectivity index (χ0n) is 23.4. The molecule has 4 aromatic rings. The number of urea groups is 1. The Kier molecular flexibility index (Phi) is 9.50. The highest BCUT2D eigenvalue weighted by atomic mass is 35.5. The minimum atomic E-state index is -4.74. The number of alkyl halides is 5. The van der Waals surface area contributed by atoms with Crippen molar-refractivity contribution in [3.63, 3.8) is 0 Å². The second kappa shape index (κ2) is 13.5. The summed E-state index contributed by atoms with van der Waals surface area (Å²) in [5.41, 5.74) is -0.796. The summed E-state index contributed by atoms with van der Waals surface area (Å²) in [6, 6.07) is -1.32. The van der Waals surface area contributed by atoms with Gasteiger partial charge in [-0.15, -0.1) is 0 Å². The summed E-state index contributed by atoms with van der Waals surface area (Å²) in [6.07, 6.45) is 1.82. The van der Waals surface area contributed by atoms with Gasteiger partial charge in [0, 0.05) is 42.4 Å². The third-order valence-corrected chi connectivity index (χ3v) is 7.21. The molecule has 0 aliphatic heterocycles. The molecule has 13 nitrogen and oxygen atoms in total. The van der Waals surface area contributed by atoms with E-state index >= 15 is 0 Å². The van der Waals surface area contributed by atoms with Crippen LogP contribution in [0.25, 0.3) is 22.6 Å². The van der Waals surface area contributed by atoms with Crippen molar-refractivity contribution in [1.29, 1.82) is 0 Å². The first kappa shape index (κ1) is 31.7. The van der Waals surface area contributed by atoms with Crippen molar-refractivity contribution in [3.05, 3.63) is 47.8 Å². The first-order valence-corrected chi connectivity index (χ1v) is 13.8. The molecule has 3 N–H and O–H groups in total. The number of hydrogen-bond donors (Lipinski definition) is 3. The lowest BCUT2D eigenvalue weighted by Gasteiger charge is -2.36. The van der Waals surface area contributed by atoms with Gasteiger partial charge in [0.1, 0.15) is 17.0 Å². The number of halogens is 6. The van der Waals surface area contributed by atoms with Crippen LogP contribution in [0.3, 0.4) is 0 Å². The Morgan fingerprint density at radius 3 is 2.36 bits per heavy atom. The summed E-state index contributed by atoms with van der Waals surface area (Å²) < 4.78 is 71.7. The highest BCUT2D eigenvalue weighted by Gasteiger charge is 2.37. The minimum absolute atomic E-state index is 0.0377. The van der Waals surface area contributed by atoms with Crippen LogP contribution in [0.2, 0.25) is 5.02 Å². The summed E-state index contributed by atoms with van der Waals surface area (Å²) in [5.74, 6) is 0.0824. The molecule has 19 heteroatoms. The molecule has 5 rings (SSSR count). The number of amides is 2. The van der Waals surface area contributed by atoms with Crippen molar-refractivity contribution < 1.29 is 31.5 Å². The molecule has 0 aromatic carbocycles. The van der Waals surface area contributed by atoms with Crippen molar-refractivity contribution in [2.45, 2.75) is 50.4 Å². The second-order valence-electron chi connectivity index (χ2n) is 9.85. The van der Waals surface area contributed by atoms with Crippen molar-refractivity contribution >= 4 is 29.4 Å². The molecule has 4 aromatic heterocycles. The molecular weight excluding hydrogens is 629 g/mol. The van der Waals surface area contributed by atoms with Crippen molar-refractivity contribution in [3.8, 4) is 28.7 Å². The van der Waals surface area contributed by atoms with E-state index in [2.05, 4.69) is 50.7 Å². The van der Waals surface area contributed by atoms with E-state index in [0.29, 0.717) is 43.1 Å². The normalized spacial score (nSPS) is 16.8. The average molecular weight is 654 g/mol. The van der Waals surface area contributed by atoms with Gasteiger partial charge in [0.25, 0.3) is 6.43 Å². The predicted molar refractivity (Wildman–Crippen MR) is 151 cm³/mol. The van der Waals surface area contributed by atoms with Crippen LogP contribution in [0, 0.1) is 0 Å². The van der Waals surface area contributed by atoms with Gasteiger partial charge in [0.15, 0.2) is 5.82 Å². The van der Waals surface area contributed by atoms with Crippen molar-refractivity contribution in [2.24, 2.45) is 0 Å². The van der Waals surface area contributed by atoms with Crippen LogP contribution in [-0.4, -0.2) is 78.3 Å². The van der Waals surface area contributed by atoms with Gasteiger partial charge in [-0.1, -0.05) is 11.6 Å². The molecule has 45 heavy (non-hydrogen) atoms. The molecule has 0 unspecified atom stereocenters. The number of H-pyrrole nitrogens is 1. The number of aromatic nitrogens is 8. The summed E-state index contributed by atoms with van der Waals surface area (Å²) in [7, 11) is 1.43. The number of methoxy groups -OCH3 is 1. The van der Waals surface area contributed by atoms with Gasteiger partial charge in [-0.3, -0.25) is 15.0 Å². The third kappa shape index (κ3) is 7.50. The number of rotatable bonds is 9. The SMILES string of the molecule is COc1ncc(-c2cnc(N(C(=O)NCC(F)F)C3CCC(Nc4ncc(C(F)(F)F)c(-c5n[nH]cc5Cl)n4)CC3)cn2)cn1. The van der Waals surface area contributed by atoms with E-state index in [9.17, 15) is 26.7 Å². The van der Waals surface area contributed by atoms with E-state index < -0.39 is 42.5 Å². The molecule has 0 atom stereocenters. The van der Waals surface area contributed by atoms with Crippen LogP contribution in [0.5, 0.6) is 6.01 Å². The first-order valence-electron chi connectivity index (χ1n) is 13.5. The molecule has 4 heterocycles. The van der Waals surface area contributed by atoms with Gasteiger partial charge < -0.3 is 15.4 Å². The number of ether oxygens (including phenoxy) is 1. The number of nitrogens with zero attached hydrogens (tertiary/aromatic N) is 8. The fourth-order valence-electron chi connectivity index (χ4n) is 4.80.